The van der Waals surface area contributed by atoms with Crippen molar-refractivity contribution >= 4 is 17.8 Å². The molecular weight excluding hydrogens is 356 g/mol. The van der Waals surface area contributed by atoms with Crippen molar-refractivity contribution in [1.82, 2.24) is 20.4 Å². The van der Waals surface area contributed by atoms with E-state index in [1.807, 2.05) is 40.1 Å². The molecule has 2 aliphatic rings. The summed E-state index contributed by atoms with van der Waals surface area (Å²) in [5, 5.41) is 5.38. The molecule has 0 bridgehead atoms. The van der Waals surface area contributed by atoms with Crippen molar-refractivity contribution in [3.8, 4) is 0 Å². The summed E-state index contributed by atoms with van der Waals surface area (Å²) in [6.07, 6.45) is 5.43. The average Bonchev–Trinajstić information content (AvgIpc) is 2.74. The molecule has 1 saturated carbocycles. The number of nitrogens with one attached hydrogen (secondary N) is 2. The minimum Gasteiger partial charge on any atom is -0.336 e. The predicted molar refractivity (Wildman–Crippen MR) is 107 cm³/mol. The molecule has 1 atom stereocenters. The van der Waals surface area contributed by atoms with Crippen LogP contribution < -0.4 is 10.6 Å². The van der Waals surface area contributed by atoms with Gasteiger partial charge in [0.25, 0.3) is 5.91 Å². The topological polar surface area (TPSA) is 81.8 Å². The third-order valence-electron chi connectivity index (χ3n) is 5.73. The van der Waals surface area contributed by atoms with Crippen molar-refractivity contribution in [2.45, 2.75) is 51.1 Å². The van der Waals surface area contributed by atoms with Crippen LogP contribution in [0.1, 0.15) is 49.4 Å². The summed E-state index contributed by atoms with van der Waals surface area (Å²) in [7, 11) is 0. The van der Waals surface area contributed by atoms with Crippen LogP contribution in [-0.2, 0) is 4.79 Å². The highest BCUT2D eigenvalue weighted by atomic mass is 16.2. The van der Waals surface area contributed by atoms with E-state index >= 15 is 0 Å². The van der Waals surface area contributed by atoms with Crippen LogP contribution >= 0.6 is 0 Å². The second-order valence-corrected chi connectivity index (χ2v) is 7.67. The van der Waals surface area contributed by atoms with Crippen molar-refractivity contribution in [3.05, 3.63) is 35.9 Å². The monoisotopic (exact) mass is 386 g/mol. The molecule has 152 valence electrons. The Bertz CT molecular complexity index is 680. The molecule has 1 aliphatic carbocycles. The van der Waals surface area contributed by atoms with E-state index in [0.717, 1.165) is 25.7 Å². The van der Waals surface area contributed by atoms with E-state index in [1.165, 1.54) is 6.42 Å². The van der Waals surface area contributed by atoms with Gasteiger partial charge in [0, 0.05) is 37.8 Å². The Morgan fingerprint density at radius 2 is 1.61 bits per heavy atom. The van der Waals surface area contributed by atoms with Gasteiger partial charge >= 0.3 is 6.03 Å². The van der Waals surface area contributed by atoms with E-state index in [2.05, 4.69) is 10.6 Å². The summed E-state index contributed by atoms with van der Waals surface area (Å²) in [6.45, 7) is 4.16. The van der Waals surface area contributed by atoms with Gasteiger partial charge in [0.1, 0.15) is 0 Å². The van der Waals surface area contributed by atoms with E-state index < -0.39 is 12.1 Å². The number of piperazine rings is 1. The van der Waals surface area contributed by atoms with Gasteiger partial charge < -0.3 is 10.2 Å². The van der Waals surface area contributed by atoms with Crippen LogP contribution in [-0.4, -0.2) is 65.9 Å². The highest BCUT2D eigenvalue weighted by Gasteiger charge is 2.29. The molecule has 0 radical (unpaired) electrons. The molecule has 28 heavy (non-hydrogen) atoms. The zero-order valence-corrected chi connectivity index (χ0v) is 16.5. The first-order chi connectivity index (χ1) is 13.5. The van der Waals surface area contributed by atoms with Gasteiger partial charge in [0.15, 0.2) is 0 Å². The smallest absolute Gasteiger partial charge is 0.321 e. The Morgan fingerprint density at radius 3 is 2.25 bits per heavy atom. The van der Waals surface area contributed by atoms with Gasteiger partial charge in [0.2, 0.25) is 5.91 Å². The zero-order valence-electron chi connectivity index (χ0n) is 16.5. The second kappa shape index (κ2) is 9.68. The maximum Gasteiger partial charge on any atom is 0.321 e. The fourth-order valence-electron chi connectivity index (χ4n) is 3.93. The van der Waals surface area contributed by atoms with Crippen molar-refractivity contribution in [1.29, 1.82) is 0 Å². The molecule has 0 aromatic heterocycles. The lowest BCUT2D eigenvalue weighted by atomic mass is 9.96. The quantitative estimate of drug-likeness (QED) is 0.829. The van der Waals surface area contributed by atoms with Gasteiger partial charge in [-0.05, 0) is 31.9 Å². The highest BCUT2D eigenvalue weighted by Crippen LogP contribution is 2.17. The Hall–Kier alpha value is -2.41. The fourth-order valence-corrected chi connectivity index (χ4v) is 3.93. The highest BCUT2D eigenvalue weighted by molar-refractivity contribution is 5.97. The molecule has 1 aromatic rings. The summed E-state index contributed by atoms with van der Waals surface area (Å²) in [5.41, 5.74) is 0.682. The number of benzene rings is 1. The van der Waals surface area contributed by atoms with Crippen molar-refractivity contribution in [3.63, 3.8) is 0 Å². The fraction of sp³-hybridized carbons (Fsp3) is 0.571. The molecule has 1 aromatic carbocycles. The first-order valence-corrected chi connectivity index (χ1v) is 10.2. The minimum atomic E-state index is -0.411. The van der Waals surface area contributed by atoms with Crippen molar-refractivity contribution < 1.29 is 14.4 Å². The Labute approximate surface area is 166 Å². The lowest BCUT2D eigenvalue weighted by Gasteiger charge is -2.37. The molecule has 2 fully saturated rings. The first kappa shape index (κ1) is 20.3. The number of imide groups is 1. The number of rotatable bonds is 4. The van der Waals surface area contributed by atoms with Crippen LogP contribution in [0.2, 0.25) is 0 Å². The van der Waals surface area contributed by atoms with Crippen LogP contribution in [0, 0.1) is 0 Å². The SMILES string of the molecule is CC(C(=O)NC(=O)NC1CCCCC1)N1CCN(C(=O)c2ccccc2)CC1. The summed E-state index contributed by atoms with van der Waals surface area (Å²) in [6, 6.07) is 8.59. The van der Waals surface area contributed by atoms with Gasteiger partial charge in [-0.25, -0.2) is 4.79 Å². The van der Waals surface area contributed by atoms with Gasteiger partial charge in [-0.1, -0.05) is 37.5 Å². The number of urea groups is 1. The van der Waals surface area contributed by atoms with Gasteiger partial charge in [-0.2, -0.15) is 0 Å². The summed E-state index contributed by atoms with van der Waals surface area (Å²) >= 11 is 0. The molecular formula is C21H30N4O3. The van der Waals surface area contributed by atoms with Crippen LogP contribution in [0.3, 0.4) is 0 Å². The van der Waals surface area contributed by atoms with Crippen LogP contribution in [0.15, 0.2) is 30.3 Å². The number of amides is 4. The van der Waals surface area contributed by atoms with Gasteiger partial charge in [-0.15, -0.1) is 0 Å². The summed E-state index contributed by atoms with van der Waals surface area (Å²) < 4.78 is 0. The van der Waals surface area contributed by atoms with E-state index in [9.17, 15) is 14.4 Å². The third-order valence-corrected chi connectivity index (χ3v) is 5.73. The molecule has 7 heteroatoms. The Morgan fingerprint density at radius 1 is 0.964 bits per heavy atom. The lowest BCUT2D eigenvalue weighted by molar-refractivity contribution is -0.125. The molecule has 4 amide bonds. The molecule has 1 saturated heterocycles. The third kappa shape index (κ3) is 5.32. The van der Waals surface area contributed by atoms with E-state index in [4.69, 9.17) is 0 Å². The number of hydrogen-bond acceptors (Lipinski definition) is 4. The van der Waals surface area contributed by atoms with E-state index in [-0.39, 0.29) is 17.9 Å². The van der Waals surface area contributed by atoms with Gasteiger partial charge in [0.05, 0.1) is 6.04 Å². The number of carbonyl (C=O) groups excluding carboxylic acids is 3. The Kier molecular flexibility index (Phi) is 7.03. The number of nitrogens with zero attached hydrogens (tertiary/aromatic N) is 2. The van der Waals surface area contributed by atoms with Crippen molar-refractivity contribution in [2.75, 3.05) is 26.2 Å². The molecule has 1 heterocycles. The largest absolute Gasteiger partial charge is 0.336 e. The van der Waals surface area contributed by atoms with E-state index in [1.54, 1.807) is 6.92 Å². The normalized spacial score (nSPS) is 19.7. The Balaban J connectivity index is 1.43. The van der Waals surface area contributed by atoms with Crippen molar-refractivity contribution in [2.24, 2.45) is 0 Å². The minimum absolute atomic E-state index is 0.0178. The molecule has 1 aliphatic heterocycles. The second-order valence-electron chi connectivity index (χ2n) is 7.67. The lowest BCUT2D eigenvalue weighted by Crippen LogP contribution is -2.56. The first-order valence-electron chi connectivity index (χ1n) is 10.2. The molecule has 1 unspecified atom stereocenters. The molecule has 3 rings (SSSR count). The van der Waals surface area contributed by atoms with Crippen LogP contribution in [0.25, 0.3) is 0 Å². The summed E-state index contributed by atoms with van der Waals surface area (Å²) in [5.74, 6) is -0.277. The average molecular weight is 386 g/mol. The number of carbonyl (C=O) groups is 3. The maximum absolute atomic E-state index is 12.5. The van der Waals surface area contributed by atoms with E-state index in [0.29, 0.717) is 31.7 Å². The molecule has 2 N–H and O–H groups in total. The zero-order chi connectivity index (χ0) is 19.9. The van der Waals surface area contributed by atoms with Crippen LogP contribution in [0.4, 0.5) is 4.79 Å². The standard InChI is InChI=1S/C21H30N4O3/c1-16(19(26)23-21(28)22-18-10-6-3-7-11-18)24-12-14-25(15-13-24)20(27)17-8-4-2-5-9-17/h2,4-5,8-9,16,18H,3,6-7,10-15H2,1H3,(H2,22,23,26,28). The predicted octanol–water partition coefficient (Wildman–Crippen LogP) is 1.99. The van der Waals surface area contributed by atoms with Gasteiger partial charge in [-0.3, -0.25) is 19.8 Å². The maximum atomic E-state index is 12.5. The number of hydrogen-bond donors (Lipinski definition) is 2. The molecule has 7 nitrogen and oxygen atoms in total. The molecule has 0 spiro atoms. The summed E-state index contributed by atoms with van der Waals surface area (Å²) in [4.78, 5) is 40.9. The van der Waals surface area contributed by atoms with Crippen LogP contribution in [0.5, 0.6) is 0 Å².